The molecule has 1 atom stereocenters. The summed E-state index contributed by atoms with van der Waals surface area (Å²) in [6, 6.07) is 1.52. The molecule has 2 fully saturated rings. The van der Waals surface area contributed by atoms with Crippen molar-refractivity contribution in [3.63, 3.8) is 0 Å². The predicted molar refractivity (Wildman–Crippen MR) is 90.7 cm³/mol. The lowest BCUT2D eigenvalue weighted by Gasteiger charge is -2.34. The first-order valence-corrected chi connectivity index (χ1v) is 9.13. The first-order chi connectivity index (χ1) is 11.7. The van der Waals surface area contributed by atoms with Crippen molar-refractivity contribution < 1.29 is 9.53 Å². The normalized spacial score (nSPS) is 22.5. The Morgan fingerprint density at radius 1 is 1.33 bits per heavy atom. The summed E-state index contributed by atoms with van der Waals surface area (Å²) in [7, 11) is 0. The van der Waals surface area contributed by atoms with Gasteiger partial charge in [-0.2, -0.15) is 0 Å². The van der Waals surface area contributed by atoms with E-state index in [1.54, 1.807) is 0 Å². The van der Waals surface area contributed by atoms with Crippen LogP contribution in [0.1, 0.15) is 50.6 Å². The monoisotopic (exact) mass is 333 g/mol. The van der Waals surface area contributed by atoms with Gasteiger partial charge in [0.05, 0.1) is 19.0 Å². The number of aromatic nitrogens is 2. The van der Waals surface area contributed by atoms with Crippen molar-refractivity contribution in [2.24, 2.45) is 5.92 Å². The van der Waals surface area contributed by atoms with E-state index in [1.165, 1.54) is 44.5 Å². The molecule has 132 valence electrons. The van der Waals surface area contributed by atoms with Crippen LogP contribution in [-0.4, -0.2) is 46.6 Å². The summed E-state index contributed by atoms with van der Waals surface area (Å²) in [6.45, 7) is 1.96. The van der Waals surface area contributed by atoms with Crippen molar-refractivity contribution in [1.29, 1.82) is 0 Å². The lowest BCUT2D eigenvalue weighted by molar-refractivity contribution is -0.140. The lowest BCUT2D eigenvalue weighted by Crippen LogP contribution is -2.46. The summed E-state index contributed by atoms with van der Waals surface area (Å²) in [6.07, 6.45) is 9.90. The van der Waals surface area contributed by atoms with Crippen molar-refractivity contribution in [2.75, 3.05) is 19.7 Å². The summed E-state index contributed by atoms with van der Waals surface area (Å²) < 4.78 is 5.79. The molecule has 1 aromatic heterocycles. The van der Waals surface area contributed by atoms with Gasteiger partial charge in [-0.3, -0.25) is 9.59 Å². The number of ether oxygens (including phenoxy) is 1. The van der Waals surface area contributed by atoms with Crippen molar-refractivity contribution in [2.45, 2.75) is 57.5 Å². The molecule has 0 spiro atoms. The molecule has 0 bridgehead atoms. The largest absolute Gasteiger partial charge is 0.375 e. The van der Waals surface area contributed by atoms with Crippen LogP contribution in [0.15, 0.2) is 17.2 Å². The van der Waals surface area contributed by atoms with Crippen LogP contribution in [0.4, 0.5) is 0 Å². The Bertz CT molecular complexity index is 595. The minimum Gasteiger partial charge on any atom is -0.375 e. The Morgan fingerprint density at radius 3 is 2.96 bits per heavy atom. The molecule has 1 saturated carbocycles. The molecule has 24 heavy (non-hydrogen) atoms. The highest BCUT2D eigenvalue weighted by Gasteiger charge is 2.26. The molecular formula is C18H27N3O3. The summed E-state index contributed by atoms with van der Waals surface area (Å²) in [4.78, 5) is 32.5. The van der Waals surface area contributed by atoms with Crippen LogP contribution in [-0.2, 0) is 16.0 Å². The number of H-pyrrole nitrogens is 1. The highest BCUT2D eigenvalue weighted by Crippen LogP contribution is 2.27. The summed E-state index contributed by atoms with van der Waals surface area (Å²) in [5, 5.41) is 0. The topological polar surface area (TPSA) is 75.3 Å². The maximum atomic E-state index is 12.5. The van der Waals surface area contributed by atoms with Gasteiger partial charge in [0.25, 0.3) is 5.56 Å². The van der Waals surface area contributed by atoms with Gasteiger partial charge >= 0.3 is 0 Å². The predicted octanol–water partition coefficient (Wildman–Crippen LogP) is 1.90. The van der Waals surface area contributed by atoms with E-state index in [4.69, 9.17) is 4.74 Å². The fraction of sp³-hybridized carbons (Fsp3) is 0.722. The summed E-state index contributed by atoms with van der Waals surface area (Å²) in [5.74, 6) is 0.859. The number of morpholine rings is 1. The Morgan fingerprint density at radius 2 is 2.17 bits per heavy atom. The third kappa shape index (κ3) is 4.90. The zero-order valence-electron chi connectivity index (χ0n) is 14.2. The molecule has 1 aliphatic heterocycles. The van der Waals surface area contributed by atoms with Crippen molar-refractivity contribution >= 4 is 5.91 Å². The molecule has 0 aromatic carbocycles. The van der Waals surface area contributed by atoms with Gasteiger partial charge in [-0.15, -0.1) is 0 Å². The molecule has 6 nitrogen and oxygen atoms in total. The number of amides is 1. The Balaban J connectivity index is 1.46. The second-order valence-corrected chi connectivity index (χ2v) is 6.98. The van der Waals surface area contributed by atoms with Crippen LogP contribution in [0, 0.1) is 5.92 Å². The maximum absolute atomic E-state index is 12.5. The molecular weight excluding hydrogens is 306 g/mol. The zero-order chi connectivity index (χ0) is 16.8. The van der Waals surface area contributed by atoms with Gasteiger partial charge in [0, 0.05) is 31.3 Å². The molecule has 3 rings (SSSR count). The van der Waals surface area contributed by atoms with Gasteiger partial charge in [-0.1, -0.05) is 19.3 Å². The molecule has 2 aliphatic rings. The molecule has 0 radical (unpaired) electrons. The number of carbonyl (C=O) groups is 1. The Labute approximate surface area is 142 Å². The van der Waals surface area contributed by atoms with E-state index in [0.29, 0.717) is 38.5 Å². The van der Waals surface area contributed by atoms with Crippen molar-refractivity contribution in [3.8, 4) is 0 Å². The highest BCUT2D eigenvalue weighted by atomic mass is 16.5. The minimum atomic E-state index is -0.131. The van der Waals surface area contributed by atoms with Crippen LogP contribution < -0.4 is 5.56 Å². The van der Waals surface area contributed by atoms with Crippen LogP contribution >= 0.6 is 0 Å². The van der Waals surface area contributed by atoms with E-state index < -0.39 is 0 Å². The molecule has 0 unspecified atom stereocenters. The third-order valence-corrected chi connectivity index (χ3v) is 5.14. The molecule has 1 aromatic rings. The zero-order valence-corrected chi connectivity index (χ0v) is 14.2. The van der Waals surface area contributed by atoms with E-state index in [9.17, 15) is 9.59 Å². The smallest absolute Gasteiger partial charge is 0.250 e. The fourth-order valence-electron chi connectivity index (χ4n) is 3.74. The number of nitrogens with zero attached hydrogens (tertiary/aromatic N) is 2. The first kappa shape index (κ1) is 17.1. The van der Waals surface area contributed by atoms with E-state index in [2.05, 4.69) is 9.97 Å². The quantitative estimate of drug-likeness (QED) is 0.893. The van der Waals surface area contributed by atoms with Gasteiger partial charge < -0.3 is 14.6 Å². The minimum absolute atomic E-state index is 0.0372. The van der Waals surface area contributed by atoms with Gasteiger partial charge in [-0.25, -0.2) is 4.98 Å². The second kappa shape index (κ2) is 8.42. The van der Waals surface area contributed by atoms with E-state index in [-0.39, 0.29) is 17.6 Å². The third-order valence-electron chi connectivity index (χ3n) is 5.14. The van der Waals surface area contributed by atoms with Gasteiger partial charge in [0.1, 0.15) is 0 Å². The van der Waals surface area contributed by atoms with Crippen LogP contribution in [0.2, 0.25) is 0 Å². The van der Waals surface area contributed by atoms with Crippen LogP contribution in [0.3, 0.4) is 0 Å². The lowest BCUT2D eigenvalue weighted by atomic mass is 9.86. The summed E-state index contributed by atoms with van der Waals surface area (Å²) >= 11 is 0. The maximum Gasteiger partial charge on any atom is 0.250 e. The van der Waals surface area contributed by atoms with E-state index in [0.717, 1.165) is 12.1 Å². The average Bonchev–Trinajstić information content (AvgIpc) is 2.61. The van der Waals surface area contributed by atoms with Crippen LogP contribution in [0.25, 0.3) is 0 Å². The number of nitrogens with one attached hydrogen (secondary N) is 1. The van der Waals surface area contributed by atoms with Gasteiger partial charge in [0.15, 0.2) is 0 Å². The molecule has 1 N–H and O–H groups in total. The molecule has 6 heteroatoms. The molecule has 1 amide bonds. The van der Waals surface area contributed by atoms with E-state index in [1.807, 2.05) is 4.90 Å². The average molecular weight is 333 g/mol. The number of aromatic amines is 1. The SMILES string of the molecule is O=C(CC1CCCCC1)N1CCO[C@H](CCc2cc(=O)[nH]cn2)C1. The number of hydrogen-bond donors (Lipinski definition) is 1. The highest BCUT2D eigenvalue weighted by molar-refractivity contribution is 5.76. The van der Waals surface area contributed by atoms with Gasteiger partial charge in [0.2, 0.25) is 5.91 Å². The number of aryl methyl sites for hydroxylation is 1. The number of carbonyl (C=O) groups excluding carboxylic acids is 1. The van der Waals surface area contributed by atoms with Crippen molar-refractivity contribution in [3.05, 3.63) is 28.4 Å². The molecule has 1 saturated heterocycles. The van der Waals surface area contributed by atoms with E-state index >= 15 is 0 Å². The van der Waals surface area contributed by atoms with Crippen LogP contribution in [0.5, 0.6) is 0 Å². The number of rotatable bonds is 5. The second-order valence-electron chi connectivity index (χ2n) is 6.98. The van der Waals surface area contributed by atoms with Crippen molar-refractivity contribution in [1.82, 2.24) is 14.9 Å². The number of hydrogen-bond acceptors (Lipinski definition) is 4. The standard InChI is InChI=1S/C18H27N3O3/c22-17-11-15(19-13-20-17)6-7-16-12-21(8-9-24-16)18(23)10-14-4-2-1-3-5-14/h11,13-14,16H,1-10,12H2,(H,19,20,22)/t16-/m1/s1. The Kier molecular flexibility index (Phi) is 6.01. The Hall–Kier alpha value is -1.69. The molecule has 1 aliphatic carbocycles. The summed E-state index contributed by atoms with van der Waals surface area (Å²) in [5.41, 5.74) is 0.641. The fourth-order valence-corrected chi connectivity index (χ4v) is 3.74. The molecule has 2 heterocycles. The first-order valence-electron chi connectivity index (χ1n) is 9.13. The van der Waals surface area contributed by atoms with Gasteiger partial charge in [-0.05, 0) is 31.6 Å².